The van der Waals surface area contributed by atoms with Crippen molar-refractivity contribution >= 4 is 22.5 Å². The fourth-order valence-electron chi connectivity index (χ4n) is 3.58. The minimum Gasteiger partial charge on any atom is -0.333 e. The molecule has 0 bridgehead atoms. The fraction of sp³-hybridized carbons (Fsp3) is 0.500. The van der Waals surface area contributed by atoms with Crippen LogP contribution >= 0.6 is 11.3 Å². The Morgan fingerprint density at radius 2 is 2.17 bits per heavy atom. The number of pyridine rings is 1. The van der Waals surface area contributed by atoms with Gasteiger partial charge in [-0.2, -0.15) is 0 Å². The number of nitrogens with one attached hydrogen (secondary N) is 2. The van der Waals surface area contributed by atoms with Crippen LogP contribution in [-0.2, 0) is 0 Å². The van der Waals surface area contributed by atoms with Crippen LogP contribution in [0.4, 0.5) is 9.93 Å². The molecule has 2 aromatic rings. The number of anilines is 1. The van der Waals surface area contributed by atoms with Crippen LogP contribution < -0.4 is 10.6 Å². The van der Waals surface area contributed by atoms with E-state index in [1.54, 1.807) is 6.20 Å². The quantitative estimate of drug-likeness (QED) is 0.893. The molecule has 7 nitrogen and oxygen atoms in total. The second-order valence-electron chi connectivity index (χ2n) is 6.22. The third-order valence-corrected chi connectivity index (χ3v) is 5.56. The molecule has 2 aliphatic heterocycles. The van der Waals surface area contributed by atoms with Crippen molar-refractivity contribution in [3.63, 3.8) is 0 Å². The van der Waals surface area contributed by atoms with Crippen LogP contribution in [0.1, 0.15) is 25.7 Å². The van der Waals surface area contributed by atoms with Gasteiger partial charge in [0.15, 0.2) is 5.01 Å². The maximum Gasteiger partial charge on any atom is 0.321 e. The number of amides is 2. The zero-order valence-electron chi connectivity index (χ0n) is 13.3. The van der Waals surface area contributed by atoms with Gasteiger partial charge < -0.3 is 5.32 Å². The molecule has 126 valence electrons. The summed E-state index contributed by atoms with van der Waals surface area (Å²) in [5, 5.41) is 15.2. The average Bonchev–Trinajstić information content (AvgIpc) is 3.23. The number of aromatic nitrogens is 3. The molecular weight excluding hydrogens is 324 g/mol. The summed E-state index contributed by atoms with van der Waals surface area (Å²) in [5.74, 6) is 0. The minimum atomic E-state index is -0.198. The van der Waals surface area contributed by atoms with Crippen LogP contribution in [0.15, 0.2) is 24.4 Å². The Bertz CT molecular complexity index is 706. The van der Waals surface area contributed by atoms with Crippen LogP contribution in [0, 0.1) is 0 Å². The highest BCUT2D eigenvalue weighted by atomic mass is 32.1. The highest BCUT2D eigenvalue weighted by molar-refractivity contribution is 7.18. The van der Waals surface area contributed by atoms with Crippen LogP contribution in [0.5, 0.6) is 0 Å². The van der Waals surface area contributed by atoms with Gasteiger partial charge in [-0.1, -0.05) is 23.8 Å². The van der Waals surface area contributed by atoms with Gasteiger partial charge in [0.1, 0.15) is 5.69 Å². The average molecular weight is 344 g/mol. The molecule has 0 unspecified atom stereocenters. The molecule has 0 saturated carbocycles. The number of hydrogen-bond donors (Lipinski definition) is 2. The predicted octanol–water partition coefficient (Wildman–Crippen LogP) is 2.35. The van der Waals surface area contributed by atoms with Crippen molar-refractivity contribution in [3.8, 4) is 10.7 Å². The van der Waals surface area contributed by atoms with Crippen LogP contribution in [0.3, 0.4) is 0 Å². The van der Waals surface area contributed by atoms with E-state index in [1.807, 2.05) is 18.2 Å². The van der Waals surface area contributed by atoms with E-state index < -0.39 is 0 Å². The first kappa shape index (κ1) is 15.5. The van der Waals surface area contributed by atoms with Crippen LogP contribution in [0.2, 0.25) is 0 Å². The molecule has 0 spiro atoms. The van der Waals surface area contributed by atoms with Gasteiger partial charge in [0.25, 0.3) is 0 Å². The zero-order chi connectivity index (χ0) is 16.4. The Hall–Kier alpha value is -2.06. The van der Waals surface area contributed by atoms with E-state index in [4.69, 9.17) is 0 Å². The van der Waals surface area contributed by atoms with Crippen molar-refractivity contribution in [2.45, 2.75) is 37.8 Å². The number of urea groups is 1. The Kier molecular flexibility index (Phi) is 4.40. The third kappa shape index (κ3) is 3.25. The predicted molar refractivity (Wildman–Crippen MR) is 92.9 cm³/mol. The Labute approximate surface area is 144 Å². The van der Waals surface area contributed by atoms with Gasteiger partial charge in [-0.05, 0) is 37.9 Å². The van der Waals surface area contributed by atoms with E-state index in [-0.39, 0.29) is 12.1 Å². The molecule has 4 rings (SSSR count). The first-order chi connectivity index (χ1) is 11.8. The van der Waals surface area contributed by atoms with E-state index >= 15 is 0 Å². The van der Waals surface area contributed by atoms with Gasteiger partial charge in [0.2, 0.25) is 5.13 Å². The van der Waals surface area contributed by atoms with E-state index in [9.17, 15) is 4.79 Å². The van der Waals surface area contributed by atoms with Gasteiger partial charge in [-0.15, -0.1) is 10.2 Å². The van der Waals surface area contributed by atoms with Crippen molar-refractivity contribution in [2.75, 3.05) is 18.4 Å². The highest BCUT2D eigenvalue weighted by Gasteiger charge is 2.36. The maximum atomic E-state index is 12.3. The summed E-state index contributed by atoms with van der Waals surface area (Å²) in [4.78, 5) is 19.0. The molecule has 2 N–H and O–H groups in total. The summed E-state index contributed by atoms with van der Waals surface area (Å²) >= 11 is 1.33. The summed E-state index contributed by atoms with van der Waals surface area (Å²) in [6.45, 7) is 2.24. The first-order valence-electron chi connectivity index (χ1n) is 8.36. The molecule has 24 heavy (non-hydrogen) atoms. The number of hydrogen-bond acceptors (Lipinski definition) is 6. The third-order valence-electron chi connectivity index (χ3n) is 4.70. The summed E-state index contributed by atoms with van der Waals surface area (Å²) in [6.07, 6.45) is 6.44. The molecule has 2 atom stereocenters. The maximum absolute atomic E-state index is 12.3. The van der Waals surface area contributed by atoms with E-state index in [0.29, 0.717) is 16.2 Å². The van der Waals surface area contributed by atoms with Gasteiger partial charge >= 0.3 is 6.03 Å². The molecule has 2 fully saturated rings. The van der Waals surface area contributed by atoms with Gasteiger partial charge in [0, 0.05) is 24.8 Å². The number of carbonyl (C=O) groups is 1. The smallest absolute Gasteiger partial charge is 0.321 e. The van der Waals surface area contributed by atoms with Gasteiger partial charge in [-0.25, -0.2) is 4.79 Å². The molecule has 4 heterocycles. The van der Waals surface area contributed by atoms with Crippen molar-refractivity contribution in [1.29, 1.82) is 0 Å². The van der Waals surface area contributed by atoms with E-state index in [1.165, 1.54) is 30.6 Å². The van der Waals surface area contributed by atoms with Gasteiger partial charge in [-0.3, -0.25) is 15.2 Å². The first-order valence-corrected chi connectivity index (χ1v) is 9.18. The van der Waals surface area contributed by atoms with E-state index in [0.717, 1.165) is 25.2 Å². The van der Waals surface area contributed by atoms with E-state index in [2.05, 4.69) is 30.7 Å². The molecule has 0 aliphatic carbocycles. The number of rotatable bonds is 3. The lowest BCUT2D eigenvalue weighted by Gasteiger charge is -2.32. The number of carbonyl (C=O) groups excluding carboxylic acids is 1. The summed E-state index contributed by atoms with van der Waals surface area (Å²) in [7, 11) is 0. The van der Waals surface area contributed by atoms with Crippen molar-refractivity contribution in [1.82, 2.24) is 25.4 Å². The van der Waals surface area contributed by atoms with Crippen LogP contribution in [0.25, 0.3) is 10.7 Å². The molecule has 2 aromatic heterocycles. The molecule has 2 saturated heterocycles. The number of nitrogens with zero attached hydrogens (tertiary/aromatic N) is 4. The minimum absolute atomic E-state index is 0.198. The lowest BCUT2D eigenvalue weighted by atomic mass is 9.99. The lowest BCUT2D eigenvalue weighted by molar-refractivity contribution is 0.180. The Morgan fingerprint density at radius 1 is 1.21 bits per heavy atom. The molecule has 0 aromatic carbocycles. The van der Waals surface area contributed by atoms with Crippen LogP contribution in [-0.4, -0.2) is 51.3 Å². The normalized spacial score (nSPS) is 23.7. The molecule has 0 radical (unpaired) electrons. The van der Waals surface area contributed by atoms with Gasteiger partial charge in [0.05, 0.1) is 0 Å². The highest BCUT2D eigenvalue weighted by Crippen LogP contribution is 2.27. The monoisotopic (exact) mass is 344 g/mol. The molecule has 8 heteroatoms. The summed E-state index contributed by atoms with van der Waals surface area (Å²) in [6, 6.07) is 6.15. The SMILES string of the molecule is O=C(Nc1nnc(-c2ccccn2)s1)N[C@@H]1CCN2CCCC[C@@H]12. The fourth-order valence-corrected chi connectivity index (χ4v) is 4.30. The topological polar surface area (TPSA) is 83.0 Å². The Morgan fingerprint density at radius 3 is 3.04 bits per heavy atom. The zero-order valence-corrected chi connectivity index (χ0v) is 14.1. The Balaban J connectivity index is 1.36. The standard InChI is InChI=1S/C16H20N6OS/c23-15(18-11-7-10-22-9-4-2-6-13(11)22)19-16-21-20-14(24-16)12-5-1-3-8-17-12/h1,3,5,8,11,13H,2,4,6-7,9-10H2,(H2,18,19,21,23)/t11-,13+/m1/s1. The second-order valence-corrected chi connectivity index (χ2v) is 7.20. The number of piperidine rings is 1. The van der Waals surface area contributed by atoms with Crippen molar-refractivity contribution < 1.29 is 4.79 Å². The molecule has 2 aliphatic rings. The second kappa shape index (κ2) is 6.82. The molecular formula is C16H20N6OS. The molecule has 2 amide bonds. The summed E-state index contributed by atoms with van der Waals surface area (Å²) < 4.78 is 0. The largest absolute Gasteiger partial charge is 0.333 e. The lowest BCUT2D eigenvalue weighted by Crippen LogP contribution is -2.47. The number of fused-ring (bicyclic) bond motifs is 1. The van der Waals surface area contributed by atoms with Crippen molar-refractivity contribution in [3.05, 3.63) is 24.4 Å². The summed E-state index contributed by atoms with van der Waals surface area (Å²) in [5.41, 5.74) is 0.761. The van der Waals surface area contributed by atoms with Crippen molar-refractivity contribution in [2.24, 2.45) is 0 Å².